The van der Waals surface area contributed by atoms with Crippen LogP contribution >= 0.6 is 24.0 Å². The minimum Gasteiger partial charge on any atom is -0.366 e. The Morgan fingerprint density at radius 1 is 1.19 bits per heavy atom. The van der Waals surface area contributed by atoms with Crippen molar-refractivity contribution < 1.29 is 0 Å². The van der Waals surface area contributed by atoms with Gasteiger partial charge in [-0.3, -0.25) is 0 Å². The number of nitrogens with one attached hydrogen (secondary N) is 3. The van der Waals surface area contributed by atoms with Gasteiger partial charge in [0, 0.05) is 19.3 Å². The predicted molar refractivity (Wildman–Crippen MR) is 111 cm³/mol. The van der Waals surface area contributed by atoms with Crippen LogP contribution in [0.3, 0.4) is 0 Å². The molecule has 4 rings (SSSR count). The van der Waals surface area contributed by atoms with Crippen molar-refractivity contribution in [2.24, 2.45) is 12.5 Å². The maximum absolute atomic E-state index is 6.32. The second kappa shape index (κ2) is 8.63. The highest BCUT2D eigenvalue weighted by Gasteiger charge is 2.36. The molecule has 0 aromatic carbocycles. The average molecular weight is 412 g/mol. The largest absolute Gasteiger partial charge is 0.366 e. The molecule has 2 fully saturated rings. The smallest absolute Gasteiger partial charge is 0.230 e. The van der Waals surface area contributed by atoms with Gasteiger partial charge in [0.2, 0.25) is 5.95 Å². The zero-order valence-corrected chi connectivity index (χ0v) is 17.1. The summed E-state index contributed by atoms with van der Waals surface area (Å²) in [6.07, 6.45) is 12.8. The first-order valence-corrected chi connectivity index (χ1v) is 9.75. The van der Waals surface area contributed by atoms with E-state index < -0.39 is 0 Å². The van der Waals surface area contributed by atoms with E-state index in [4.69, 9.17) is 11.6 Å². The standard InChI is InChI=1S/C18H26ClN7.ClH/c1-26-11-15(22-12-26)24-17-21-10-14(19)16(25-17)23-13-2-4-18(5-3-13)6-8-20-9-7-18;/h10-13,20H,2-9H2,1H3,(H2,21,23,24,25);1H. The van der Waals surface area contributed by atoms with E-state index >= 15 is 0 Å². The number of nitrogens with zero attached hydrogens (tertiary/aromatic N) is 4. The second-order valence-corrected chi connectivity index (χ2v) is 8.02. The fourth-order valence-electron chi connectivity index (χ4n) is 4.15. The van der Waals surface area contributed by atoms with Crippen LogP contribution in [0.15, 0.2) is 18.7 Å². The van der Waals surface area contributed by atoms with E-state index in [-0.39, 0.29) is 12.4 Å². The molecule has 2 aromatic heterocycles. The molecule has 1 saturated heterocycles. The Bertz CT molecular complexity index is 748. The van der Waals surface area contributed by atoms with Crippen LogP contribution in [0.25, 0.3) is 0 Å². The SMILES string of the molecule is Cl.Cn1cnc(Nc2ncc(Cl)c(NC3CCC4(CCNCC4)CC3)n2)c1. The molecule has 148 valence electrons. The molecule has 0 unspecified atom stereocenters. The van der Waals surface area contributed by atoms with Gasteiger partial charge in [0.05, 0.1) is 12.5 Å². The molecule has 1 spiro atoms. The van der Waals surface area contributed by atoms with Crippen molar-refractivity contribution in [1.29, 1.82) is 0 Å². The number of halogens is 2. The summed E-state index contributed by atoms with van der Waals surface area (Å²) < 4.78 is 1.87. The lowest BCUT2D eigenvalue weighted by molar-refractivity contribution is 0.128. The minimum atomic E-state index is 0. The maximum atomic E-state index is 6.32. The van der Waals surface area contributed by atoms with Gasteiger partial charge in [0.1, 0.15) is 5.02 Å². The van der Waals surface area contributed by atoms with Gasteiger partial charge in [-0.25, -0.2) is 9.97 Å². The lowest BCUT2D eigenvalue weighted by Gasteiger charge is -2.43. The molecular weight excluding hydrogens is 385 g/mol. The lowest BCUT2D eigenvalue weighted by atomic mass is 9.67. The van der Waals surface area contributed by atoms with Gasteiger partial charge in [-0.05, 0) is 57.0 Å². The van der Waals surface area contributed by atoms with Gasteiger partial charge in [-0.15, -0.1) is 12.4 Å². The van der Waals surface area contributed by atoms with Crippen LogP contribution in [-0.4, -0.2) is 38.7 Å². The quantitative estimate of drug-likeness (QED) is 0.710. The highest BCUT2D eigenvalue weighted by atomic mass is 35.5. The van der Waals surface area contributed by atoms with E-state index in [1.54, 1.807) is 12.5 Å². The van der Waals surface area contributed by atoms with Crippen molar-refractivity contribution in [3.05, 3.63) is 23.7 Å². The molecule has 1 saturated carbocycles. The van der Waals surface area contributed by atoms with E-state index in [0.717, 1.165) is 0 Å². The summed E-state index contributed by atoms with van der Waals surface area (Å²) in [6.45, 7) is 2.33. The first-order chi connectivity index (χ1) is 12.6. The summed E-state index contributed by atoms with van der Waals surface area (Å²) in [6, 6.07) is 0.422. The van der Waals surface area contributed by atoms with Crippen molar-refractivity contribution in [1.82, 2.24) is 24.8 Å². The molecule has 3 heterocycles. The molecule has 0 bridgehead atoms. The first kappa shape index (κ1) is 20.2. The van der Waals surface area contributed by atoms with E-state index in [1.807, 2.05) is 17.8 Å². The Morgan fingerprint density at radius 2 is 1.93 bits per heavy atom. The third kappa shape index (κ3) is 4.83. The summed E-state index contributed by atoms with van der Waals surface area (Å²) in [7, 11) is 1.92. The van der Waals surface area contributed by atoms with Crippen molar-refractivity contribution in [3.63, 3.8) is 0 Å². The molecule has 1 aliphatic carbocycles. The average Bonchev–Trinajstić information content (AvgIpc) is 3.05. The molecule has 1 aliphatic heterocycles. The first-order valence-electron chi connectivity index (χ1n) is 9.37. The monoisotopic (exact) mass is 411 g/mol. The highest BCUT2D eigenvalue weighted by Crippen LogP contribution is 2.43. The van der Waals surface area contributed by atoms with E-state index in [9.17, 15) is 0 Å². The van der Waals surface area contributed by atoms with Gasteiger partial charge in [0.15, 0.2) is 11.6 Å². The normalized spacial score (nSPS) is 19.5. The number of imidazole rings is 1. The molecule has 0 atom stereocenters. The molecule has 9 heteroatoms. The Balaban J connectivity index is 0.00000210. The van der Waals surface area contributed by atoms with Crippen LogP contribution in [0.5, 0.6) is 0 Å². The number of hydrogen-bond donors (Lipinski definition) is 3. The number of piperidine rings is 1. The lowest BCUT2D eigenvalue weighted by Crippen LogP contribution is -2.41. The fourth-order valence-corrected chi connectivity index (χ4v) is 4.29. The van der Waals surface area contributed by atoms with E-state index in [1.165, 1.54) is 51.6 Å². The Morgan fingerprint density at radius 3 is 2.59 bits per heavy atom. The molecular formula is C18H27Cl2N7. The third-order valence-electron chi connectivity index (χ3n) is 5.74. The molecule has 2 aliphatic rings. The van der Waals surface area contributed by atoms with Crippen LogP contribution in [0, 0.1) is 5.41 Å². The molecule has 2 aromatic rings. The highest BCUT2D eigenvalue weighted by molar-refractivity contribution is 6.32. The second-order valence-electron chi connectivity index (χ2n) is 7.61. The van der Waals surface area contributed by atoms with Crippen LogP contribution in [0.4, 0.5) is 17.6 Å². The van der Waals surface area contributed by atoms with Crippen molar-refractivity contribution >= 4 is 41.6 Å². The van der Waals surface area contributed by atoms with E-state index in [2.05, 4.69) is 30.9 Å². The Labute approximate surface area is 171 Å². The summed E-state index contributed by atoms with van der Waals surface area (Å²) in [4.78, 5) is 13.0. The number of rotatable bonds is 4. The number of aromatic nitrogens is 4. The number of anilines is 3. The van der Waals surface area contributed by atoms with Gasteiger partial charge >= 0.3 is 0 Å². The topological polar surface area (TPSA) is 79.7 Å². The molecule has 27 heavy (non-hydrogen) atoms. The van der Waals surface area contributed by atoms with Crippen LogP contribution in [0.1, 0.15) is 38.5 Å². The maximum Gasteiger partial charge on any atom is 0.230 e. The zero-order valence-electron chi connectivity index (χ0n) is 15.5. The predicted octanol–water partition coefficient (Wildman–Crippen LogP) is 3.75. The minimum absolute atomic E-state index is 0. The number of hydrogen-bond acceptors (Lipinski definition) is 6. The van der Waals surface area contributed by atoms with Gasteiger partial charge in [0.25, 0.3) is 0 Å². The summed E-state index contributed by atoms with van der Waals surface area (Å²) >= 11 is 6.32. The number of aryl methyl sites for hydroxylation is 1. The molecule has 0 radical (unpaired) electrons. The summed E-state index contributed by atoms with van der Waals surface area (Å²) in [5.41, 5.74) is 0.560. The Hall–Kier alpha value is -1.57. The van der Waals surface area contributed by atoms with Crippen molar-refractivity contribution in [2.45, 2.75) is 44.6 Å². The van der Waals surface area contributed by atoms with Crippen LogP contribution in [0.2, 0.25) is 5.02 Å². The van der Waals surface area contributed by atoms with Gasteiger partial charge in [-0.2, -0.15) is 4.98 Å². The van der Waals surface area contributed by atoms with Gasteiger partial charge < -0.3 is 20.5 Å². The third-order valence-corrected chi connectivity index (χ3v) is 6.02. The Kier molecular flexibility index (Phi) is 6.44. The van der Waals surface area contributed by atoms with Crippen LogP contribution < -0.4 is 16.0 Å². The summed E-state index contributed by atoms with van der Waals surface area (Å²) in [5.74, 6) is 1.92. The fraction of sp³-hybridized carbons (Fsp3) is 0.611. The zero-order chi connectivity index (χ0) is 18.0. The summed E-state index contributed by atoms with van der Waals surface area (Å²) in [5, 5.41) is 10.7. The molecule has 0 amide bonds. The molecule has 7 nitrogen and oxygen atoms in total. The van der Waals surface area contributed by atoms with E-state index in [0.29, 0.717) is 34.1 Å². The van der Waals surface area contributed by atoms with Gasteiger partial charge in [-0.1, -0.05) is 11.6 Å². The van der Waals surface area contributed by atoms with Crippen molar-refractivity contribution in [2.75, 3.05) is 23.7 Å². The van der Waals surface area contributed by atoms with Crippen molar-refractivity contribution in [3.8, 4) is 0 Å². The van der Waals surface area contributed by atoms with Crippen LogP contribution in [-0.2, 0) is 7.05 Å². The molecule has 3 N–H and O–H groups in total.